The summed E-state index contributed by atoms with van der Waals surface area (Å²) in [5.41, 5.74) is 1.35. The van der Waals surface area contributed by atoms with Gasteiger partial charge in [-0.1, -0.05) is 6.92 Å². The second-order valence-corrected chi connectivity index (χ2v) is 8.09. The number of aliphatic hydroxyl groups excluding tert-OH is 1. The smallest absolute Gasteiger partial charge is 0.141 e. The number of fused-ring (bicyclic) bond motifs is 1. The van der Waals surface area contributed by atoms with Crippen LogP contribution in [0, 0.1) is 6.92 Å². The Morgan fingerprint density at radius 1 is 1.28 bits per heavy atom. The van der Waals surface area contributed by atoms with E-state index in [0.717, 1.165) is 56.3 Å². The van der Waals surface area contributed by atoms with Gasteiger partial charge in [0, 0.05) is 37.1 Å². The number of aliphatic hydroxyl groups is 1. The van der Waals surface area contributed by atoms with Crippen molar-refractivity contribution < 1.29 is 9.84 Å². The number of ether oxygens (including phenoxy) is 1. The molecule has 0 radical (unpaired) electrons. The van der Waals surface area contributed by atoms with Crippen LogP contribution in [0.5, 0.6) is 0 Å². The number of hydrogen-bond donors (Lipinski definition) is 1. The minimum atomic E-state index is -0.360. The molecule has 4 rings (SSSR count). The largest absolute Gasteiger partial charge is 0.390 e. The maximum Gasteiger partial charge on any atom is 0.141 e. The Morgan fingerprint density at radius 2 is 2.08 bits per heavy atom. The molecule has 0 aromatic carbocycles. The highest BCUT2D eigenvalue weighted by atomic mass is 32.1. The first-order valence-electron chi connectivity index (χ1n) is 9.16. The van der Waals surface area contributed by atoms with Gasteiger partial charge in [-0.2, -0.15) is 0 Å². The fraction of sp³-hybridized carbons (Fsp3) is 0.667. The molecule has 1 N–H and O–H groups in total. The fourth-order valence-electron chi connectivity index (χ4n) is 4.20. The molecule has 6 nitrogen and oxygen atoms in total. The van der Waals surface area contributed by atoms with Crippen molar-refractivity contribution in [3.63, 3.8) is 0 Å². The van der Waals surface area contributed by atoms with Gasteiger partial charge in [-0.3, -0.25) is 4.90 Å². The number of morpholine rings is 1. The van der Waals surface area contributed by atoms with E-state index in [0.29, 0.717) is 6.54 Å². The highest BCUT2D eigenvalue weighted by Gasteiger charge is 2.34. The van der Waals surface area contributed by atoms with Crippen LogP contribution < -0.4 is 4.90 Å². The molecule has 2 aromatic rings. The maximum absolute atomic E-state index is 10.8. The summed E-state index contributed by atoms with van der Waals surface area (Å²) in [5, 5.41) is 12.0. The van der Waals surface area contributed by atoms with E-state index in [1.54, 1.807) is 17.7 Å². The van der Waals surface area contributed by atoms with Gasteiger partial charge in [0.05, 0.1) is 24.7 Å². The first-order chi connectivity index (χ1) is 12.2. The summed E-state index contributed by atoms with van der Waals surface area (Å²) in [5.74, 6) is 0.991. The molecule has 25 heavy (non-hydrogen) atoms. The molecule has 0 spiro atoms. The molecule has 0 unspecified atom stereocenters. The topological polar surface area (TPSA) is 61.7 Å². The van der Waals surface area contributed by atoms with Crippen molar-refractivity contribution in [3.8, 4) is 0 Å². The molecule has 0 amide bonds. The molecular formula is C18H26N4O2S. The van der Waals surface area contributed by atoms with Crippen LogP contribution in [0.3, 0.4) is 0 Å². The lowest BCUT2D eigenvalue weighted by Crippen LogP contribution is -2.56. The highest BCUT2D eigenvalue weighted by molar-refractivity contribution is 7.18. The number of aryl methyl sites for hydroxylation is 2. The summed E-state index contributed by atoms with van der Waals surface area (Å²) in [4.78, 5) is 16.1. The van der Waals surface area contributed by atoms with E-state index in [1.165, 1.54) is 15.8 Å². The molecule has 2 fully saturated rings. The lowest BCUT2D eigenvalue weighted by Gasteiger charge is -2.43. The summed E-state index contributed by atoms with van der Waals surface area (Å²) in [7, 11) is 0. The molecule has 2 atom stereocenters. The summed E-state index contributed by atoms with van der Waals surface area (Å²) in [6.07, 6.45) is 3.24. The van der Waals surface area contributed by atoms with E-state index in [9.17, 15) is 5.11 Å². The van der Waals surface area contributed by atoms with E-state index in [1.807, 2.05) is 0 Å². The summed E-state index contributed by atoms with van der Waals surface area (Å²) >= 11 is 1.74. The Hall–Kier alpha value is -1.28. The Balaban J connectivity index is 1.58. The van der Waals surface area contributed by atoms with Crippen molar-refractivity contribution in [2.45, 2.75) is 38.8 Å². The molecular weight excluding hydrogens is 336 g/mol. The van der Waals surface area contributed by atoms with Gasteiger partial charge in [0.25, 0.3) is 0 Å². The van der Waals surface area contributed by atoms with Crippen molar-refractivity contribution in [2.24, 2.45) is 0 Å². The van der Waals surface area contributed by atoms with Gasteiger partial charge in [-0.25, -0.2) is 9.97 Å². The van der Waals surface area contributed by atoms with Crippen LogP contribution in [0.4, 0.5) is 5.82 Å². The lowest BCUT2D eigenvalue weighted by atomic mass is 9.99. The van der Waals surface area contributed by atoms with Gasteiger partial charge in [-0.05, 0) is 25.3 Å². The quantitative estimate of drug-likeness (QED) is 0.899. The molecule has 2 aliphatic rings. The average Bonchev–Trinajstić information content (AvgIpc) is 2.97. The van der Waals surface area contributed by atoms with Crippen LogP contribution >= 0.6 is 11.3 Å². The minimum Gasteiger partial charge on any atom is -0.390 e. The van der Waals surface area contributed by atoms with Crippen molar-refractivity contribution >= 4 is 27.4 Å². The van der Waals surface area contributed by atoms with Gasteiger partial charge in [0.2, 0.25) is 0 Å². The number of thiophene rings is 1. The van der Waals surface area contributed by atoms with Crippen LogP contribution in [0.1, 0.15) is 23.8 Å². The van der Waals surface area contributed by atoms with Crippen LogP contribution in [0.2, 0.25) is 0 Å². The standard InChI is InChI=1S/C18H26N4O2S/c1-3-13-12(2)25-18-16(13)17(19-11-20-18)22-5-4-14(15(23)10-22)21-6-8-24-9-7-21/h11,14-15,23H,3-10H2,1-2H3/t14-,15-/m1/s1. The normalized spacial score (nSPS) is 25.6. The average molecular weight is 362 g/mol. The fourth-order valence-corrected chi connectivity index (χ4v) is 5.27. The number of aromatic nitrogens is 2. The molecule has 4 heterocycles. The third-order valence-electron chi connectivity index (χ3n) is 5.48. The maximum atomic E-state index is 10.8. The molecule has 0 aliphatic carbocycles. The monoisotopic (exact) mass is 362 g/mol. The molecule has 2 aromatic heterocycles. The van der Waals surface area contributed by atoms with Crippen molar-refractivity contribution in [1.82, 2.24) is 14.9 Å². The van der Waals surface area contributed by atoms with Gasteiger partial charge in [-0.15, -0.1) is 11.3 Å². The number of β-amino-alcohol motifs (C(OH)–C–C–N with tert-alkyl or cyclic N) is 1. The molecule has 0 bridgehead atoms. The number of anilines is 1. The Bertz CT molecular complexity index is 744. The lowest BCUT2D eigenvalue weighted by molar-refractivity contribution is -0.0274. The molecule has 2 aliphatic heterocycles. The van der Waals surface area contributed by atoms with Gasteiger partial charge < -0.3 is 14.7 Å². The molecule has 0 saturated carbocycles. The first-order valence-corrected chi connectivity index (χ1v) is 9.98. The van der Waals surface area contributed by atoms with Gasteiger partial charge in [0.1, 0.15) is 17.0 Å². The van der Waals surface area contributed by atoms with Crippen molar-refractivity contribution in [2.75, 3.05) is 44.3 Å². The van der Waals surface area contributed by atoms with E-state index in [2.05, 4.69) is 33.6 Å². The zero-order chi connectivity index (χ0) is 17.4. The van der Waals surface area contributed by atoms with Crippen molar-refractivity contribution in [3.05, 3.63) is 16.8 Å². The molecule has 7 heteroatoms. The summed E-state index contributed by atoms with van der Waals surface area (Å²) in [6.45, 7) is 9.28. The Kier molecular flexibility index (Phi) is 4.90. The zero-order valence-electron chi connectivity index (χ0n) is 14.9. The predicted molar refractivity (Wildman–Crippen MR) is 101 cm³/mol. The molecule has 136 valence electrons. The number of nitrogens with zero attached hydrogens (tertiary/aromatic N) is 4. The van der Waals surface area contributed by atoms with Crippen LogP contribution in [0.25, 0.3) is 10.2 Å². The minimum absolute atomic E-state index is 0.229. The summed E-state index contributed by atoms with van der Waals surface area (Å²) < 4.78 is 5.44. The second-order valence-electron chi connectivity index (χ2n) is 6.89. The Morgan fingerprint density at radius 3 is 2.80 bits per heavy atom. The predicted octanol–water partition coefficient (Wildman–Crippen LogP) is 1.83. The van der Waals surface area contributed by atoms with Gasteiger partial charge >= 0.3 is 0 Å². The first kappa shape index (κ1) is 17.1. The number of piperidine rings is 1. The third kappa shape index (κ3) is 3.14. The van der Waals surface area contributed by atoms with Crippen LogP contribution in [-0.2, 0) is 11.2 Å². The van der Waals surface area contributed by atoms with Crippen molar-refractivity contribution in [1.29, 1.82) is 0 Å². The third-order valence-corrected chi connectivity index (χ3v) is 6.54. The van der Waals surface area contributed by atoms with Crippen LogP contribution in [0.15, 0.2) is 6.33 Å². The zero-order valence-corrected chi connectivity index (χ0v) is 15.8. The number of hydrogen-bond acceptors (Lipinski definition) is 7. The molecule has 2 saturated heterocycles. The highest BCUT2D eigenvalue weighted by Crippen LogP contribution is 2.36. The summed E-state index contributed by atoms with van der Waals surface area (Å²) in [6, 6.07) is 0.229. The Labute approximate surface area is 152 Å². The van der Waals surface area contributed by atoms with E-state index < -0.39 is 0 Å². The van der Waals surface area contributed by atoms with E-state index >= 15 is 0 Å². The second kappa shape index (κ2) is 7.15. The van der Waals surface area contributed by atoms with Crippen LogP contribution in [-0.4, -0.2) is 71.5 Å². The van der Waals surface area contributed by atoms with E-state index in [-0.39, 0.29) is 12.1 Å². The SMILES string of the molecule is CCc1c(C)sc2ncnc(N3CC[C@@H](N4CCOCC4)[C@H](O)C3)c12. The number of rotatable bonds is 3. The van der Waals surface area contributed by atoms with E-state index in [4.69, 9.17) is 4.74 Å². The van der Waals surface area contributed by atoms with Gasteiger partial charge in [0.15, 0.2) is 0 Å².